The summed E-state index contributed by atoms with van der Waals surface area (Å²) in [6.07, 6.45) is 1.98. The van der Waals surface area contributed by atoms with E-state index in [1.165, 1.54) is 12.1 Å². The average molecular weight is 278 g/mol. The molecule has 0 saturated heterocycles. The monoisotopic (exact) mass is 278 g/mol. The van der Waals surface area contributed by atoms with Crippen molar-refractivity contribution in [1.29, 1.82) is 0 Å². The maximum absolute atomic E-state index is 11.9. The molecule has 5 N–H and O–H groups in total. The second-order valence-electron chi connectivity index (χ2n) is 4.87. The molecule has 0 bridgehead atoms. The lowest BCUT2D eigenvalue weighted by atomic mass is 9.77. The number of carbonyl (C=O) groups is 3. The van der Waals surface area contributed by atoms with Crippen LogP contribution in [-0.4, -0.2) is 33.6 Å². The molecule has 1 aliphatic carbocycles. The molecule has 20 heavy (non-hydrogen) atoms. The van der Waals surface area contributed by atoms with Crippen LogP contribution in [0.25, 0.3) is 0 Å². The number of nitrogens with one attached hydrogen (secondary N) is 1. The first kappa shape index (κ1) is 14.0. The van der Waals surface area contributed by atoms with Gasteiger partial charge in [0.2, 0.25) is 5.91 Å². The third-order valence-corrected chi connectivity index (χ3v) is 3.38. The van der Waals surface area contributed by atoms with Crippen LogP contribution in [0.3, 0.4) is 0 Å². The summed E-state index contributed by atoms with van der Waals surface area (Å²) in [6.45, 7) is 0. The zero-order valence-electron chi connectivity index (χ0n) is 10.5. The van der Waals surface area contributed by atoms with Crippen LogP contribution in [0.2, 0.25) is 0 Å². The minimum atomic E-state index is -1.27. The lowest BCUT2D eigenvalue weighted by Gasteiger charge is -2.36. The van der Waals surface area contributed by atoms with E-state index in [0.29, 0.717) is 12.8 Å². The van der Waals surface area contributed by atoms with Crippen molar-refractivity contribution in [1.82, 2.24) is 0 Å². The Hall–Kier alpha value is -2.41. The quantitative estimate of drug-likeness (QED) is 0.647. The van der Waals surface area contributed by atoms with Crippen molar-refractivity contribution in [2.75, 3.05) is 5.32 Å². The van der Waals surface area contributed by atoms with Crippen LogP contribution >= 0.6 is 0 Å². The summed E-state index contributed by atoms with van der Waals surface area (Å²) in [6, 6.07) is 3.44. The Bertz CT molecular complexity index is 560. The Morgan fingerprint density at radius 3 is 1.90 bits per heavy atom. The normalized spacial score (nSPS) is 16.1. The lowest BCUT2D eigenvalue weighted by molar-refractivity contribution is -0.123. The van der Waals surface area contributed by atoms with Gasteiger partial charge in [-0.25, -0.2) is 9.59 Å². The number of hydrogen-bond acceptors (Lipinski definition) is 4. The molecular weight excluding hydrogens is 264 g/mol. The molecule has 0 aliphatic heterocycles. The predicted octanol–water partition coefficient (Wildman–Crippen LogP) is 0.903. The molecule has 0 spiro atoms. The van der Waals surface area contributed by atoms with Gasteiger partial charge in [-0.1, -0.05) is 0 Å². The smallest absolute Gasteiger partial charge is 0.335 e. The second kappa shape index (κ2) is 4.93. The number of aromatic carboxylic acids is 2. The number of rotatable bonds is 4. The molecule has 0 radical (unpaired) electrons. The van der Waals surface area contributed by atoms with E-state index >= 15 is 0 Å². The van der Waals surface area contributed by atoms with Gasteiger partial charge in [-0.2, -0.15) is 0 Å². The number of carbonyl (C=O) groups excluding carboxylic acids is 1. The molecule has 7 heteroatoms. The molecule has 1 saturated carbocycles. The van der Waals surface area contributed by atoms with Crippen LogP contribution in [-0.2, 0) is 4.79 Å². The number of hydrogen-bond donors (Lipinski definition) is 4. The third-order valence-electron chi connectivity index (χ3n) is 3.38. The Morgan fingerprint density at radius 1 is 1.05 bits per heavy atom. The summed E-state index contributed by atoms with van der Waals surface area (Å²) in [5.74, 6) is -2.97. The molecule has 1 amide bonds. The van der Waals surface area contributed by atoms with Gasteiger partial charge in [0.15, 0.2) is 0 Å². The molecule has 0 unspecified atom stereocenters. The van der Waals surface area contributed by atoms with E-state index in [9.17, 15) is 14.4 Å². The fraction of sp³-hybridized carbons (Fsp3) is 0.308. The zero-order valence-corrected chi connectivity index (χ0v) is 10.5. The standard InChI is InChI=1S/C13H14N2O5/c14-13(2-1-3-13)12(20)15-9-5-7(10(16)17)4-8(6-9)11(18)19/h4-6H,1-3,14H2,(H,15,20)(H,16,17)(H,18,19). The van der Waals surface area contributed by atoms with Crippen LogP contribution in [0, 0.1) is 0 Å². The van der Waals surface area contributed by atoms with Gasteiger partial charge in [-0.15, -0.1) is 0 Å². The molecule has 1 aromatic rings. The highest BCUT2D eigenvalue weighted by molar-refractivity contribution is 6.01. The first-order valence-electron chi connectivity index (χ1n) is 6.04. The van der Waals surface area contributed by atoms with Crippen molar-refractivity contribution in [3.05, 3.63) is 29.3 Å². The molecule has 1 aromatic carbocycles. The molecule has 7 nitrogen and oxygen atoms in total. The van der Waals surface area contributed by atoms with Crippen molar-refractivity contribution in [3.63, 3.8) is 0 Å². The van der Waals surface area contributed by atoms with E-state index in [1.807, 2.05) is 0 Å². The van der Waals surface area contributed by atoms with Crippen molar-refractivity contribution < 1.29 is 24.6 Å². The Morgan fingerprint density at radius 2 is 1.55 bits per heavy atom. The number of anilines is 1. The summed E-state index contributed by atoms with van der Waals surface area (Å²) in [7, 11) is 0. The van der Waals surface area contributed by atoms with Gasteiger partial charge in [-0.3, -0.25) is 4.79 Å². The number of benzene rings is 1. The molecule has 0 atom stereocenters. The predicted molar refractivity (Wildman–Crippen MR) is 69.8 cm³/mol. The van der Waals surface area contributed by atoms with Gasteiger partial charge in [-0.05, 0) is 37.5 Å². The highest BCUT2D eigenvalue weighted by Gasteiger charge is 2.40. The lowest BCUT2D eigenvalue weighted by Crippen LogP contribution is -2.56. The number of carboxylic acid groups (broad SMARTS) is 2. The van der Waals surface area contributed by atoms with Gasteiger partial charge >= 0.3 is 11.9 Å². The topological polar surface area (TPSA) is 130 Å². The largest absolute Gasteiger partial charge is 0.478 e. The third kappa shape index (κ3) is 2.62. The van der Waals surface area contributed by atoms with E-state index in [2.05, 4.69) is 5.32 Å². The van der Waals surface area contributed by atoms with Gasteiger partial charge in [0.25, 0.3) is 0 Å². The number of carboxylic acids is 2. The van der Waals surface area contributed by atoms with Crippen LogP contribution < -0.4 is 11.1 Å². The molecule has 0 aromatic heterocycles. The minimum absolute atomic E-state index is 0.115. The molecular formula is C13H14N2O5. The van der Waals surface area contributed by atoms with Gasteiger partial charge in [0, 0.05) is 5.69 Å². The van der Waals surface area contributed by atoms with Crippen LogP contribution in [0.4, 0.5) is 5.69 Å². The van der Waals surface area contributed by atoms with Crippen molar-refractivity contribution in [2.45, 2.75) is 24.8 Å². The van der Waals surface area contributed by atoms with Crippen molar-refractivity contribution in [3.8, 4) is 0 Å². The maximum Gasteiger partial charge on any atom is 0.335 e. The fourth-order valence-corrected chi connectivity index (χ4v) is 1.99. The van der Waals surface area contributed by atoms with Gasteiger partial charge < -0.3 is 21.3 Å². The Kier molecular flexibility index (Phi) is 3.46. The van der Waals surface area contributed by atoms with E-state index in [0.717, 1.165) is 12.5 Å². The number of amides is 1. The van der Waals surface area contributed by atoms with E-state index < -0.39 is 23.4 Å². The second-order valence-corrected chi connectivity index (χ2v) is 4.87. The molecule has 106 valence electrons. The van der Waals surface area contributed by atoms with Crippen molar-refractivity contribution in [2.24, 2.45) is 5.73 Å². The highest BCUT2D eigenvalue weighted by atomic mass is 16.4. The van der Waals surface area contributed by atoms with Crippen LogP contribution in [0.1, 0.15) is 40.0 Å². The van der Waals surface area contributed by atoms with E-state index in [1.54, 1.807) is 0 Å². The molecule has 1 fully saturated rings. The molecule has 2 rings (SSSR count). The summed E-state index contributed by atoms with van der Waals surface area (Å²) in [4.78, 5) is 33.8. The zero-order chi connectivity index (χ0) is 14.9. The fourth-order valence-electron chi connectivity index (χ4n) is 1.99. The molecule has 1 aliphatic rings. The first-order chi connectivity index (χ1) is 9.32. The van der Waals surface area contributed by atoms with E-state index in [4.69, 9.17) is 15.9 Å². The van der Waals surface area contributed by atoms with Gasteiger partial charge in [0.05, 0.1) is 16.7 Å². The van der Waals surface area contributed by atoms with Crippen LogP contribution in [0.15, 0.2) is 18.2 Å². The highest BCUT2D eigenvalue weighted by Crippen LogP contribution is 2.30. The summed E-state index contributed by atoms with van der Waals surface area (Å²) < 4.78 is 0. The van der Waals surface area contributed by atoms with Crippen molar-refractivity contribution >= 4 is 23.5 Å². The minimum Gasteiger partial charge on any atom is -0.478 e. The average Bonchev–Trinajstić information content (AvgIpc) is 2.35. The number of nitrogens with two attached hydrogens (primary N) is 1. The van der Waals surface area contributed by atoms with Gasteiger partial charge in [0.1, 0.15) is 0 Å². The SMILES string of the molecule is NC1(C(=O)Nc2cc(C(=O)O)cc(C(=O)O)c2)CCC1. The summed E-state index contributed by atoms with van der Waals surface area (Å²) >= 11 is 0. The summed E-state index contributed by atoms with van der Waals surface area (Å²) in [5.41, 5.74) is 4.60. The Labute approximate surface area is 114 Å². The first-order valence-corrected chi connectivity index (χ1v) is 6.04. The Balaban J connectivity index is 2.28. The summed E-state index contributed by atoms with van der Waals surface area (Å²) in [5, 5.41) is 20.4. The van der Waals surface area contributed by atoms with E-state index in [-0.39, 0.29) is 16.8 Å². The molecule has 0 heterocycles. The maximum atomic E-state index is 11.9. The van der Waals surface area contributed by atoms with Crippen LogP contribution in [0.5, 0.6) is 0 Å².